The zero-order chi connectivity index (χ0) is 27.9. The number of fused-ring (bicyclic) bond motifs is 1. The molecule has 0 saturated carbocycles. The first-order valence-corrected chi connectivity index (χ1v) is 12.6. The lowest BCUT2D eigenvalue weighted by Crippen LogP contribution is -2.52. The zero-order valence-electron chi connectivity index (χ0n) is 20.0. The minimum Gasteiger partial charge on any atom is -0.492 e. The van der Waals surface area contributed by atoms with Crippen molar-refractivity contribution in [2.75, 3.05) is 31.1 Å². The van der Waals surface area contributed by atoms with Crippen molar-refractivity contribution in [2.24, 2.45) is 10.2 Å². The van der Waals surface area contributed by atoms with Crippen LogP contribution in [-0.2, 0) is 18.8 Å². The number of aromatic nitrogens is 1. The van der Waals surface area contributed by atoms with E-state index < -0.39 is 35.8 Å². The van der Waals surface area contributed by atoms with Gasteiger partial charge in [-0.15, -0.1) is 0 Å². The van der Waals surface area contributed by atoms with Gasteiger partial charge in [0.1, 0.15) is 0 Å². The quantitative estimate of drug-likeness (QED) is 0.411. The number of thiazole rings is 1. The van der Waals surface area contributed by atoms with E-state index in [1.807, 2.05) is 4.90 Å². The van der Waals surface area contributed by atoms with E-state index in [9.17, 15) is 36.6 Å². The van der Waals surface area contributed by atoms with E-state index in [1.165, 1.54) is 6.21 Å². The molecule has 3 N–H and O–H groups in total. The molecule has 0 radical (unpaired) electrons. The number of benzene rings is 2. The number of nitrogens with one attached hydrogen (secondary N) is 1. The number of alkyl halides is 6. The molecule has 206 valence electrons. The van der Waals surface area contributed by atoms with Crippen LogP contribution in [0.5, 0.6) is 5.88 Å². The standard InChI is InChI=1S/C25H21F6N5O2S/c26-24(27,28)16-3-1-14(19(9-16)25(29,30)31)8-18(13-2-4-20-15(7-13)10-33-35-20)21-22(38)34-23(39-21)36-6-5-32-17(11-36)12-37/h1-4,7,9-10,17,32,37-38H,5-6,8,11-12H2. The second kappa shape index (κ2) is 10.2. The van der Waals surface area contributed by atoms with Crippen LogP contribution >= 0.6 is 11.3 Å². The third-order valence-electron chi connectivity index (χ3n) is 6.47. The number of anilines is 1. The third kappa shape index (κ3) is 5.63. The average Bonchev–Trinajstić information content (AvgIpc) is 3.52. The molecule has 1 saturated heterocycles. The first kappa shape index (κ1) is 27.1. The van der Waals surface area contributed by atoms with Crippen molar-refractivity contribution in [3.8, 4) is 5.88 Å². The normalized spacial score (nSPS) is 18.2. The molecule has 1 fully saturated rings. The highest BCUT2D eigenvalue weighted by Gasteiger charge is 2.38. The predicted octanol–water partition coefficient (Wildman–Crippen LogP) is 3.07. The van der Waals surface area contributed by atoms with Gasteiger partial charge in [0.05, 0.1) is 34.2 Å². The lowest BCUT2D eigenvalue weighted by molar-refractivity contribution is -0.143. The van der Waals surface area contributed by atoms with E-state index in [0.29, 0.717) is 47.0 Å². The van der Waals surface area contributed by atoms with Gasteiger partial charge in [-0.3, -0.25) is 0 Å². The Morgan fingerprint density at radius 3 is 2.59 bits per heavy atom. The molecule has 0 amide bonds. The van der Waals surface area contributed by atoms with Gasteiger partial charge in [0.2, 0.25) is 5.88 Å². The second-order valence-corrected chi connectivity index (χ2v) is 10.0. The van der Waals surface area contributed by atoms with E-state index in [0.717, 1.165) is 17.4 Å². The number of halogens is 6. The molecule has 1 unspecified atom stereocenters. The van der Waals surface area contributed by atoms with Crippen LogP contribution in [0.4, 0.5) is 31.5 Å². The van der Waals surface area contributed by atoms with Crippen LogP contribution in [0, 0.1) is 0 Å². The van der Waals surface area contributed by atoms with E-state index >= 15 is 0 Å². The van der Waals surface area contributed by atoms with Crippen LogP contribution in [0.3, 0.4) is 0 Å². The third-order valence-corrected chi connectivity index (χ3v) is 7.63. The molecule has 5 rings (SSSR count). The fourth-order valence-corrected chi connectivity index (χ4v) is 5.58. The minimum atomic E-state index is -5.05. The molecule has 14 heteroatoms. The molecule has 0 spiro atoms. The molecule has 0 aliphatic carbocycles. The Morgan fingerprint density at radius 2 is 1.87 bits per heavy atom. The summed E-state index contributed by atoms with van der Waals surface area (Å²) in [6.07, 6.45) is -8.96. The highest BCUT2D eigenvalue weighted by Crippen LogP contribution is 2.41. The van der Waals surface area contributed by atoms with Crippen LogP contribution in [-0.4, -0.2) is 53.7 Å². The largest absolute Gasteiger partial charge is 0.492 e. The van der Waals surface area contributed by atoms with Gasteiger partial charge in [-0.1, -0.05) is 23.5 Å². The van der Waals surface area contributed by atoms with E-state index in [4.69, 9.17) is 0 Å². The van der Waals surface area contributed by atoms with Gasteiger partial charge in [0, 0.05) is 37.7 Å². The summed E-state index contributed by atoms with van der Waals surface area (Å²) in [5.74, 6) is -0.414. The van der Waals surface area contributed by atoms with Gasteiger partial charge in [-0.25, -0.2) is 0 Å². The summed E-state index contributed by atoms with van der Waals surface area (Å²) in [4.78, 5) is 6.26. The number of aliphatic hydroxyl groups is 1. The fourth-order valence-electron chi connectivity index (χ4n) is 4.52. The molecule has 2 aliphatic heterocycles. The maximum Gasteiger partial charge on any atom is 0.416 e. The highest BCUT2D eigenvalue weighted by atomic mass is 32.1. The molecule has 3 aromatic rings. The number of hydrogen-bond acceptors (Lipinski definition) is 8. The summed E-state index contributed by atoms with van der Waals surface area (Å²) in [5, 5.41) is 32.7. The molecule has 1 aromatic heterocycles. The Morgan fingerprint density at radius 1 is 1.08 bits per heavy atom. The minimum absolute atomic E-state index is 0.106. The fraction of sp³-hybridized carbons (Fsp3) is 0.320. The Bertz CT molecular complexity index is 1550. The van der Waals surface area contributed by atoms with E-state index in [2.05, 4.69) is 20.5 Å². The zero-order valence-corrected chi connectivity index (χ0v) is 20.8. The molecular weight excluding hydrogens is 548 g/mol. The van der Waals surface area contributed by atoms with Gasteiger partial charge in [-0.05, 0) is 40.6 Å². The molecule has 2 aliphatic rings. The van der Waals surface area contributed by atoms with Crippen LogP contribution in [0.25, 0.3) is 5.57 Å². The molecule has 2 aromatic carbocycles. The van der Waals surface area contributed by atoms with Crippen LogP contribution in [0.2, 0.25) is 0 Å². The van der Waals surface area contributed by atoms with Crippen molar-refractivity contribution in [3.05, 3.63) is 74.1 Å². The SMILES string of the molecule is OCC1CN(c2nc(O)c(C(Cc3ccc(C(F)(F)F)cc3C(F)(F)F)=c3ccc4c(c3)C=NN=4)s2)CCN1. The van der Waals surface area contributed by atoms with Gasteiger partial charge < -0.3 is 20.4 Å². The topological polar surface area (TPSA) is 93.3 Å². The van der Waals surface area contributed by atoms with E-state index in [1.54, 1.807) is 18.2 Å². The number of aliphatic hydroxyl groups excluding tert-OH is 1. The molecule has 39 heavy (non-hydrogen) atoms. The summed E-state index contributed by atoms with van der Waals surface area (Å²) < 4.78 is 81.6. The second-order valence-electron chi connectivity index (χ2n) is 9.07. The lowest BCUT2D eigenvalue weighted by atomic mass is 9.94. The summed E-state index contributed by atoms with van der Waals surface area (Å²) >= 11 is 1.05. The van der Waals surface area contributed by atoms with Gasteiger partial charge >= 0.3 is 12.4 Å². The van der Waals surface area contributed by atoms with Gasteiger partial charge in [-0.2, -0.15) is 41.5 Å². The van der Waals surface area contributed by atoms with Gasteiger partial charge in [0.25, 0.3) is 0 Å². The Balaban J connectivity index is 1.65. The predicted molar refractivity (Wildman–Crippen MR) is 132 cm³/mol. The summed E-state index contributed by atoms with van der Waals surface area (Å²) in [5.41, 5.74) is -2.36. The number of hydrogen-bond donors (Lipinski definition) is 3. The number of rotatable bonds is 5. The average molecular weight is 570 g/mol. The maximum atomic E-state index is 13.9. The van der Waals surface area contributed by atoms with Gasteiger partial charge in [0.15, 0.2) is 5.13 Å². The number of piperazine rings is 1. The Kier molecular flexibility index (Phi) is 7.11. The van der Waals surface area contributed by atoms with E-state index in [-0.39, 0.29) is 34.7 Å². The van der Waals surface area contributed by atoms with Crippen molar-refractivity contribution in [2.45, 2.75) is 24.8 Å². The van der Waals surface area contributed by atoms with Crippen molar-refractivity contribution in [1.82, 2.24) is 10.3 Å². The van der Waals surface area contributed by atoms with Crippen LogP contribution in [0.15, 0.2) is 46.6 Å². The number of nitrogens with zero attached hydrogens (tertiary/aromatic N) is 4. The molecular formula is C25H21F6N5O2S. The maximum absolute atomic E-state index is 13.9. The smallest absolute Gasteiger partial charge is 0.416 e. The Hall–Kier alpha value is -3.49. The molecule has 7 nitrogen and oxygen atoms in total. The monoisotopic (exact) mass is 569 g/mol. The van der Waals surface area contributed by atoms with Crippen molar-refractivity contribution >= 4 is 28.3 Å². The number of aromatic hydroxyl groups is 1. The molecule has 0 bridgehead atoms. The first-order valence-electron chi connectivity index (χ1n) is 11.7. The van der Waals surface area contributed by atoms with Crippen molar-refractivity contribution in [1.29, 1.82) is 0 Å². The highest BCUT2D eigenvalue weighted by molar-refractivity contribution is 7.17. The van der Waals surface area contributed by atoms with Crippen LogP contribution in [0.1, 0.15) is 27.1 Å². The first-order chi connectivity index (χ1) is 18.4. The molecule has 1 atom stereocenters. The summed E-state index contributed by atoms with van der Waals surface area (Å²) in [6.45, 7) is 1.35. The van der Waals surface area contributed by atoms with Crippen molar-refractivity contribution in [3.63, 3.8) is 0 Å². The summed E-state index contributed by atoms with van der Waals surface area (Å²) in [7, 11) is 0. The van der Waals surface area contributed by atoms with Crippen LogP contribution < -0.4 is 20.8 Å². The Labute approximate surface area is 221 Å². The lowest BCUT2D eigenvalue weighted by Gasteiger charge is -2.32. The van der Waals surface area contributed by atoms with Crippen molar-refractivity contribution < 1.29 is 36.6 Å². The summed E-state index contributed by atoms with van der Waals surface area (Å²) in [6, 6.07) is 6.19. The molecule has 3 heterocycles.